The third-order valence-electron chi connectivity index (χ3n) is 5.95. The van der Waals surface area contributed by atoms with Gasteiger partial charge in [0.05, 0.1) is 18.7 Å². The van der Waals surface area contributed by atoms with E-state index in [4.69, 9.17) is 16.0 Å². The van der Waals surface area contributed by atoms with Gasteiger partial charge in [-0.05, 0) is 53.9 Å². The molecule has 4 rings (SSSR count). The lowest BCUT2D eigenvalue weighted by atomic mass is 10.1. The van der Waals surface area contributed by atoms with Gasteiger partial charge >= 0.3 is 5.97 Å². The molecule has 0 atom stereocenters. The van der Waals surface area contributed by atoms with Crippen LogP contribution in [0.25, 0.3) is 16.0 Å². The lowest BCUT2D eigenvalue weighted by Crippen LogP contribution is -2.33. The Hall–Kier alpha value is -4.63. The average molecular weight is 493 g/mol. The highest BCUT2D eigenvalue weighted by Crippen LogP contribution is 2.25. The van der Waals surface area contributed by atoms with Crippen LogP contribution in [0.1, 0.15) is 23.2 Å². The molecule has 0 radical (unpaired) electrons. The van der Waals surface area contributed by atoms with Gasteiger partial charge < -0.3 is 14.4 Å². The van der Waals surface area contributed by atoms with Crippen molar-refractivity contribution in [2.45, 2.75) is 19.4 Å². The van der Waals surface area contributed by atoms with E-state index in [0.717, 1.165) is 36.3 Å². The smallest absolute Gasteiger partial charge is 0.343 e. The molecule has 6 heteroatoms. The number of aromatic nitrogens is 1. The second kappa shape index (κ2) is 12.4. The second-order valence-electron chi connectivity index (χ2n) is 8.84. The van der Waals surface area contributed by atoms with Crippen LogP contribution < -0.4 is 18.9 Å². The number of carbonyl (C=O) groups is 1. The minimum absolute atomic E-state index is 0.418. The lowest BCUT2D eigenvalue weighted by Gasteiger charge is -2.10. The van der Waals surface area contributed by atoms with Crippen LogP contribution in [0, 0.1) is 6.57 Å². The van der Waals surface area contributed by atoms with Gasteiger partial charge in [-0.3, -0.25) is 0 Å². The highest BCUT2D eigenvalue weighted by atomic mass is 16.5. The fourth-order valence-corrected chi connectivity index (χ4v) is 3.78. The molecule has 0 aliphatic carbocycles. The highest BCUT2D eigenvalue weighted by molar-refractivity contribution is 5.91. The van der Waals surface area contributed by atoms with Crippen molar-refractivity contribution >= 4 is 17.3 Å². The zero-order valence-electron chi connectivity index (χ0n) is 21.1. The molecule has 0 spiro atoms. The summed E-state index contributed by atoms with van der Waals surface area (Å²) in [6, 6.07) is 25.9. The first kappa shape index (κ1) is 25.5. The Labute approximate surface area is 218 Å². The molecule has 0 unspecified atom stereocenters. The summed E-state index contributed by atoms with van der Waals surface area (Å²) < 4.78 is 13.5. The summed E-state index contributed by atoms with van der Waals surface area (Å²) in [4.78, 5) is 18.0. The van der Waals surface area contributed by atoms with Crippen molar-refractivity contribution in [2.24, 2.45) is 0 Å². The fraction of sp³-hybridized carbons (Fsp3) is 0.194. The summed E-state index contributed by atoms with van der Waals surface area (Å²) in [5, 5.41) is 0. The van der Waals surface area contributed by atoms with Gasteiger partial charge in [0.2, 0.25) is 0 Å². The first-order valence-electron chi connectivity index (χ1n) is 12.2. The number of carbonyl (C=O) groups excluding carboxylic acids is 1. The van der Waals surface area contributed by atoms with E-state index in [0.29, 0.717) is 23.6 Å². The average Bonchev–Trinajstić information content (AvgIpc) is 2.94. The van der Waals surface area contributed by atoms with Crippen molar-refractivity contribution in [3.8, 4) is 22.6 Å². The zero-order valence-corrected chi connectivity index (χ0v) is 21.1. The molecule has 0 N–H and O–H groups in total. The van der Waals surface area contributed by atoms with Crippen molar-refractivity contribution in [1.82, 2.24) is 0 Å². The zero-order chi connectivity index (χ0) is 26.0. The van der Waals surface area contributed by atoms with E-state index < -0.39 is 5.97 Å². The molecule has 0 saturated heterocycles. The number of anilines is 1. The summed E-state index contributed by atoms with van der Waals surface area (Å²) in [6.07, 6.45) is 6.14. The quantitative estimate of drug-likeness (QED) is 0.0853. The Bertz CT molecular complexity index is 1340. The van der Waals surface area contributed by atoms with Gasteiger partial charge in [-0.2, -0.15) is 0 Å². The standard InChI is InChI=1S/C31H30N3O3/c1-32-27-12-6-24(7-13-27)25-8-16-30(17-9-25)37-31(35)26-10-14-29(15-11-26)36-23-5-4-20-34-21-18-28(19-22-34)33(2)3/h6-19,21-22H,4-5,20,23H2,2-3H3/q+1. The number of rotatable bonds is 10. The van der Waals surface area contributed by atoms with Crippen LogP contribution in [-0.4, -0.2) is 26.7 Å². The molecule has 4 aromatic rings. The summed E-state index contributed by atoms with van der Waals surface area (Å²) >= 11 is 0. The Morgan fingerprint density at radius 1 is 0.811 bits per heavy atom. The Balaban J connectivity index is 1.21. The first-order valence-corrected chi connectivity index (χ1v) is 12.2. The molecular weight excluding hydrogens is 462 g/mol. The minimum Gasteiger partial charge on any atom is -0.494 e. The third-order valence-corrected chi connectivity index (χ3v) is 5.95. The molecule has 0 amide bonds. The number of hydrogen-bond donors (Lipinski definition) is 0. The van der Waals surface area contributed by atoms with Gasteiger partial charge in [0.25, 0.3) is 0 Å². The maximum Gasteiger partial charge on any atom is 0.343 e. The molecule has 1 aromatic heterocycles. The Kier molecular flexibility index (Phi) is 8.51. The first-order chi connectivity index (χ1) is 18.0. The van der Waals surface area contributed by atoms with Gasteiger partial charge in [0.15, 0.2) is 18.1 Å². The maximum atomic E-state index is 12.5. The third kappa shape index (κ3) is 7.18. The van der Waals surface area contributed by atoms with Crippen molar-refractivity contribution in [3.05, 3.63) is 114 Å². The molecule has 0 bridgehead atoms. The van der Waals surface area contributed by atoms with Gasteiger partial charge in [-0.1, -0.05) is 36.4 Å². The van der Waals surface area contributed by atoms with Gasteiger partial charge in [-0.25, -0.2) is 14.2 Å². The molecule has 3 aromatic carbocycles. The second-order valence-corrected chi connectivity index (χ2v) is 8.84. The van der Waals surface area contributed by atoms with Crippen molar-refractivity contribution < 1.29 is 18.8 Å². The number of pyridine rings is 1. The van der Waals surface area contributed by atoms with E-state index in [2.05, 4.69) is 38.8 Å². The van der Waals surface area contributed by atoms with Gasteiger partial charge in [0.1, 0.15) is 18.0 Å². The number of esters is 1. The molecule has 37 heavy (non-hydrogen) atoms. The van der Waals surface area contributed by atoms with Crippen LogP contribution >= 0.6 is 0 Å². The molecule has 0 fully saturated rings. The van der Waals surface area contributed by atoms with Crippen molar-refractivity contribution in [2.75, 3.05) is 25.6 Å². The summed E-state index contributed by atoms with van der Waals surface area (Å²) in [5.41, 5.74) is 4.23. The maximum absolute atomic E-state index is 12.5. The summed E-state index contributed by atoms with van der Waals surface area (Å²) in [5.74, 6) is 0.784. The molecule has 0 aliphatic rings. The lowest BCUT2D eigenvalue weighted by molar-refractivity contribution is -0.697. The van der Waals surface area contributed by atoms with E-state index >= 15 is 0 Å². The topological polar surface area (TPSA) is 47.0 Å². The minimum atomic E-state index is -0.418. The Morgan fingerprint density at radius 2 is 1.41 bits per heavy atom. The SMILES string of the molecule is [C-]#[N+]c1ccc(-c2ccc(OC(=O)c3ccc(OCCCC[n+]4ccc(N(C)C)cc4)cc3)cc2)cc1. The molecule has 1 heterocycles. The van der Waals surface area contributed by atoms with Crippen LogP contribution in [0.3, 0.4) is 0 Å². The van der Waals surface area contributed by atoms with Gasteiger partial charge in [-0.15, -0.1) is 0 Å². The van der Waals surface area contributed by atoms with Crippen LogP contribution in [0.4, 0.5) is 11.4 Å². The van der Waals surface area contributed by atoms with Crippen LogP contribution in [0.2, 0.25) is 0 Å². The molecular formula is C31H30N3O3+. The Morgan fingerprint density at radius 3 is 2.00 bits per heavy atom. The largest absolute Gasteiger partial charge is 0.494 e. The normalized spacial score (nSPS) is 10.4. The van der Waals surface area contributed by atoms with E-state index in [1.807, 2.05) is 38.4 Å². The van der Waals surface area contributed by atoms with Gasteiger partial charge in [0, 0.05) is 38.3 Å². The summed E-state index contributed by atoms with van der Waals surface area (Å²) in [7, 11) is 4.07. The number of aryl methyl sites for hydroxylation is 1. The number of ether oxygens (including phenoxy) is 2. The van der Waals surface area contributed by atoms with Crippen LogP contribution in [-0.2, 0) is 6.54 Å². The molecule has 0 aliphatic heterocycles. The monoisotopic (exact) mass is 492 g/mol. The number of hydrogen-bond acceptors (Lipinski definition) is 4. The van der Waals surface area contributed by atoms with E-state index in [9.17, 15) is 4.79 Å². The van der Waals surface area contributed by atoms with Crippen molar-refractivity contribution in [3.63, 3.8) is 0 Å². The number of benzene rings is 3. The van der Waals surface area contributed by atoms with Crippen molar-refractivity contribution in [1.29, 1.82) is 0 Å². The highest BCUT2D eigenvalue weighted by Gasteiger charge is 2.10. The molecule has 186 valence electrons. The van der Waals surface area contributed by atoms with Crippen LogP contribution in [0.5, 0.6) is 11.5 Å². The van der Waals surface area contributed by atoms with E-state index in [1.54, 1.807) is 48.5 Å². The number of nitrogens with zero attached hydrogens (tertiary/aromatic N) is 3. The van der Waals surface area contributed by atoms with Crippen LogP contribution in [0.15, 0.2) is 97.3 Å². The number of unbranched alkanes of at least 4 members (excludes halogenated alkanes) is 1. The molecule has 0 saturated carbocycles. The summed E-state index contributed by atoms with van der Waals surface area (Å²) in [6.45, 7) is 8.61. The predicted molar refractivity (Wildman–Crippen MR) is 145 cm³/mol. The van der Waals surface area contributed by atoms with E-state index in [-0.39, 0.29) is 0 Å². The fourth-order valence-electron chi connectivity index (χ4n) is 3.78. The predicted octanol–water partition coefficient (Wildman–Crippen LogP) is 6.34. The van der Waals surface area contributed by atoms with E-state index in [1.165, 1.54) is 5.69 Å². The molecule has 6 nitrogen and oxygen atoms in total.